The van der Waals surface area contributed by atoms with Crippen molar-refractivity contribution in [2.24, 2.45) is 0 Å². The van der Waals surface area contributed by atoms with Gasteiger partial charge in [-0.15, -0.1) is 0 Å². The van der Waals surface area contributed by atoms with Crippen LogP contribution in [-0.4, -0.2) is 41.3 Å². The zero-order valence-electron chi connectivity index (χ0n) is 8.71. The first kappa shape index (κ1) is 10.5. The van der Waals surface area contributed by atoms with Crippen LogP contribution in [0.1, 0.15) is 20.8 Å². The number of aliphatic hydroxyl groups is 1. The molecule has 1 heterocycles. The molecule has 0 aliphatic carbocycles. The Bertz CT molecular complexity index is 201. The van der Waals surface area contributed by atoms with Gasteiger partial charge in [0.2, 0.25) is 0 Å². The van der Waals surface area contributed by atoms with Crippen LogP contribution in [0.25, 0.3) is 0 Å². The van der Waals surface area contributed by atoms with Crippen molar-refractivity contribution >= 4 is 0 Å². The quantitative estimate of drug-likeness (QED) is 0.696. The zero-order valence-corrected chi connectivity index (χ0v) is 8.71. The Labute approximate surface area is 80.0 Å². The van der Waals surface area contributed by atoms with Crippen molar-refractivity contribution in [3.63, 3.8) is 0 Å². The fourth-order valence-electron chi connectivity index (χ4n) is 1.65. The van der Waals surface area contributed by atoms with E-state index in [-0.39, 0.29) is 18.2 Å². The summed E-state index contributed by atoms with van der Waals surface area (Å²) in [6.45, 7) is 12.0. The molecule has 1 aliphatic heterocycles. The van der Waals surface area contributed by atoms with Crippen LogP contribution in [0.4, 0.5) is 0 Å². The number of hydrogen-bond donors (Lipinski definition) is 1. The van der Waals surface area contributed by atoms with Crippen molar-refractivity contribution in [1.29, 1.82) is 0 Å². The van der Waals surface area contributed by atoms with Gasteiger partial charge in [0.05, 0.1) is 12.1 Å². The van der Waals surface area contributed by atoms with Crippen molar-refractivity contribution in [2.45, 2.75) is 32.4 Å². The van der Waals surface area contributed by atoms with Crippen LogP contribution < -0.4 is 0 Å². The van der Waals surface area contributed by atoms with Crippen molar-refractivity contribution in [3.8, 4) is 0 Å². The zero-order chi connectivity index (χ0) is 10.1. The molecule has 0 aromatic carbocycles. The second kappa shape index (κ2) is 3.68. The van der Waals surface area contributed by atoms with Gasteiger partial charge in [-0.2, -0.15) is 0 Å². The van der Waals surface area contributed by atoms with E-state index in [1.165, 1.54) is 0 Å². The molecule has 1 unspecified atom stereocenters. The van der Waals surface area contributed by atoms with Gasteiger partial charge in [-0.05, 0) is 20.4 Å². The molecule has 1 rings (SSSR count). The van der Waals surface area contributed by atoms with E-state index in [2.05, 4.69) is 32.3 Å². The molecular weight excluding hydrogens is 166 g/mol. The predicted octanol–water partition coefficient (Wildman–Crippen LogP) is 0.992. The SMILES string of the molecule is C=C1OC(CO)CN(CC)C1(C)C. The minimum atomic E-state index is -0.111. The summed E-state index contributed by atoms with van der Waals surface area (Å²) in [7, 11) is 0. The number of aliphatic hydroxyl groups excluding tert-OH is 1. The molecular formula is C10H19NO2. The molecule has 0 saturated carbocycles. The predicted molar refractivity (Wildman–Crippen MR) is 52.4 cm³/mol. The van der Waals surface area contributed by atoms with E-state index in [4.69, 9.17) is 9.84 Å². The average molecular weight is 185 g/mol. The fraction of sp³-hybridized carbons (Fsp3) is 0.800. The minimum absolute atomic E-state index is 0.0611. The molecule has 0 radical (unpaired) electrons. The van der Waals surface area contributed by atoms with Gasteiger partial charge in [0.25, 0.3) is 0 Å². The van der Waals surface area contributed by atoms with Gasteiger partial charge >= 0.3 is 0 Å². The summed E-state index contributed by atoms with van der Waals surface area (Å²) in [5, 5.41) is 9.00. The van der Waals surface area contributed by atoms with E-state index >= 15 is 0 Å². The van der Waals surface area contributed by atoms with E-state index < -0.39 is 0 Å². The number of nitrogens with zero attached hydrogens (tertiary/aromatic N) is 1. The Kier molecular flexibility index (Phi) is 2.98. The molecule has 13 heavy (non-hydrogen) atoms. The number of ether oxygens (including phenoxy) is 1. The highest BCUT2D eigenvalue weighted by Gasteiger charge is 2.37. The summed E-state index contributed by atoms with van der Waals surface area (Å²) in [6, 6.07) is 0. The maximum absolute atomic E-state index is 9.00. The van der Waals surface area contributed by atoms with E-state index in [0.29, 0.717) is 0 Å². The molecule has 76 valence electrons. The Hall–Kier alpha value is -0.540. The monoisotopic (exact) mass is 185 g/mol. The molecule has 1 atom stereocenters. The largest absolute Gasteiger partial charge is 0.490 e. The Balaban J connectivity index is 2.75. The van der Waals surface area contributed by atoms with Crippen molar-refractivity contribution in [1.82, 2.24) is 4.90 Å². The topological polar surface area (TPSA) is 32.7 Å². The molecule has 1 aliphatic rings. The number of likely N-dealkylation sites (N-methyl/N-ethyl adjacent to an activating group) is 1. The maximum Gasteiger partial charge on any atom is 0.134 e. The van der Waals surface area contributed by atoms with Gasteiger partial charge < -0.3 is 9.84 Å². The second-order valence-electron chi connectivity index (χ2n) is 3.94. The smallest absolute Gasteiger partial charge is 0.134 e. The molecule has 0 aromatic rings. The van der Waals surface area contributed by atoms with Crippen LogP contribution in [0.3, 0.4) is 0 Å². The van der Waals surface area contributed by atoms with Crippen LogP contribution in [0, 0.1) is 0 Å². The summed E-state index contributed by atoms with van der Waals surface area (Å²) in [5.74, 6) is 0.750. The van der Waals surface area contributed by atoms with Crippen LogP contribution in [-0.2, 0) is 4.74 Å². The van der Waals surface area contributed by atoms with E-state index in [1.54, 1.807) is 0 Å². The number of morpholine rings is 1. The van der Waals surface area contributed by atoms with Crippen LogP contribution in [0.2, 0.25) is 0 Å². The molecule has 1 fully saturated rings. The molecule has 3 nitrogen and oxygen atoms in total. The summed E-state index contributed by atoms with van der Waals surface area (Å²) in [4.78, 5) is 2.26. The maximum atomic E-state index is 9.00. The lowest BCUT2D eigenvalue weighted by Gasteiger charge is -2.45. The second-order valence-corrected chi connectivity index (χ2v) is 3.94. The van der Waals surface area contributed by atoms with Gasteiger partial charge in [-0.25, -0.2) is 0 Å². The lowest BCUT2D eigenvalue weighted by atomic mass is 9.97. The van der Waals surface area contributed by atoms with Gasteiger partial charge in [-0.3, -0.25) is 4.90 Å². The third-order valence-corrected chi connectivity index (χ3v) is 2.79. The lowest BCUT2D eigenvalue weighted by molar-refractivity contribution is -0.0625. The number of rotatable bonds is 2. The van der Waals surface area contributed by atoms with Crippen LogP contribution >= 0.6 is 0 Å². The van der Waals surface area contributed by atoms with Gasteiger partial charge in [0, 0.05) is 6.54 Å². The third-order valence-electron chi connectivity index (χ3n) is 2.79. The minimum Gasteiger partial charge on any atom is -0.490 e. The van der Waals surface area contributed by atoms with E-state index in [0.717, 1.165) is 18.8 Å². The van der Waals surface area contributed by atoms with Crippen LogP contribution in [0.5, 0.6) is 0 Å². The summed E-state index contributed by atoms with van der Waals surface area (Å²) in [5.41, 5.74) is -0.111. The van der Waals surface area contributed by atoms with Crippen molar-refractivity contribution in [3.05, 3.63) is 12.3 Å². The molecule has 1 saturated heterocycles. The van der Waals surface area contributed by atoms with Gasteiger partial charge in [0.1, 0.15) is 11.9 Å². The number of hydrogen-bond acceptors (Lipinski definition) is 3. The molecule has 0 aromatic heterocycles. The fourth-order valence-corrected chi connectivity index (χ4v) is 1.65. The highest BCUT2D eigenvalue weighted by molar-refractivity contribution is 5.10. The van der Waals surface area contributed by atoms with Crippen molar-refractivity contribution in [2.75, 3.05) is 19.7 Å². The average Bonchev–Trinajstić information content (AvgIpc) is 2.09. The Morgan fingerprint density at radius 1 is 1.69 bits per heavy atom. The third kappa shape index (κ3) is 1.86. The first-order chi connectivity index (χ1) is 6.02. The standard InChI is InChI=1S/C10H19NO2/c1-5-11-6-9(7-12)13-8(2)10(11,3)4/h9,12H,2,5-7H2,1,3-4H3. The Morgan fingerprint density at radius 3 is 2.77 bits per heavy atom. The lowest BCUT2D eigenvalue weighted by Crippen LogP contribution is -2.55. The molecule has 3 heteroatoms. The van der Waals surface area contributed by atoms with Crippen molar-refractivity contribution < 1.29 is 9.84 Å². The van der Waals surface area contributed by atoms with E-state index in [1.807, 2.05) is 0 Å². The molecule has 0 amide bonds. The first-order valence-electron chi connectivity index (χ1n) is 4.74. The molecule has 1 N–H and O–H groups in total. The highest BCUT2D eigenvalue weighted by atomic mass is 16.5. The van der Waals surface area contributed by atoms with Gasteiger partial charge in [-0.1, -0.05) is 13.5 Å². The molecule has 0 bridgehead atoms. The van der Waals surface area contributed by atoms with Crippen LogP contribution in [0.15, 0.2) is 12.3 Å². The van der Waals surface area contributed by atoms with E-state index in [9.17, 15) is 0 Å². The Morgan fingerprint density at radius 2 is 2.31 bits per heavy atom. The highest BCUT2D eigenvalue weighted by Crippen LogP contribution is 2.29. The summed E-state index contributed by atoms with van der Waals surface area (Å²) < 4.78 is 5.50. The first-order valence-corrected chi connectivity index (χ1v) is 4.74. The molecule has 0 spiro atoms. The summed E-state index contributed by atoms with van der Waals surface area (Å²) in [6.07, 6.45) is -0.111. The van der Waals surface area contributed by atoms with Gasteiger partial charge in [0.15, 0.2) is 0 Å². The summed E-state index contributed by atoms with van der Waals surface area (Å²) >= 11 is 0. The normalized spacial score (nSPS) is 28.6.